The Hall–Kier alpha value is -1.82. The summed E-state index contributed by atoms with van der Waals surface area (Å²) in [6.07, 6.45) is 14.4. The van der Waals surface area contributed by atoms with Gasteiger partial charge in [0.2, 0.25) is 5.88 Å². The summed E-state index contributed by atoms with van der Waals surface area (Å²) in [7, 11) is 0. The summed E-state index contributed by atoms with van der Waals surface area (Å²) in [5.74, 6) is 0.662. The lowest BCUT2D eigenvalue weighted by Crippen LogP contribution is -2.37. The summed E-state index contributed by atoms with van der Waals surface area (Å²) in [6.45, 7) is 2.14. The molecule has 3 rings (SSSR count). The molecule has 3 N–H and O–H groups in total. The van der Waals surface area contributed by atoms with Crippen molar-refractivity contribution in [3.8, 4) is 5.88 Å². The third kappa shape index (κ3) is 7.37. The van der Waals surface area contributed by atoms with Crippen molar-refractivity contribution < 1.29 is 9.53 Å². The van der Waals surface area contributed by atoms with E-state index in [4.69, 9.17) is 4.74 Å². The van der Waals surface area contributed by atoms with Gasteiger partial charge >= 0.3 is 6.03 Å². The van der Waals surface area contributed by atoms with Gasteiger partial charge in [-0.25, -0.2) is 9.78 Å². The predicted octanol–water partition coefficient (Wildman–Crippen LogP) is 3.51. The zero-order valence-corrected chi connectivity index (χ0v) is 16.3. The minimum atomic E-state index is -0.122. The molecule has 0 bridgehead atoms. The number of rotatable bonds is 9. The average molecular weight is 375 g/mol. The number of carbonyl (C=O) groups excluding carboxylic acids is 1. The van der Waals surface area contributed by atoms with Crippen LogP contribution in [0.4, 0.5) is 4.79 Å². The topological polar surface area (TPSA) is 75.3 Å². The molecule has 6 nitrogen and oxygen atoms in total. The lowest BCUT2D eigenvalue weighted by atomic mass is 9.95. The van der Waals surface area contributed by atoms with Gasteiger partial charge in [0.05, 0.1) is 0 Å². The van der Waals surface area contributed by atoms with Crippen molar-refractivity contribution in [2.24, 2.45) is 0 Å². The average Bonchev–Trinajstić information content (AvgIpc) is 3.20. The lowest BCUT2D eigenvalue weighted by Gasteiger charge is -2.22. The van der Waals surface area contributed by atoms with Gasteiger partial charge in [-0.3, -0.25) is 0 Å². The van der Waals surface area contributed by atoms with E-state index >= 15 is 0 Å². The maximum atomic E-state index is 12.0. The number of pyridine rings is 1. The number of urea groups is 1. The van der Waals surface area contributed by atoms with Crippen molar-refractivity contribution in [2.45, 2.75) is 82.9 Å². The number of hydrogen-bond donors (Lipinski definition) is 3. The standard InChI is InChI=1S/C21H34N4O2/c26-21(24-13-6-12-22-18-7-2-1-3-8-18)25-16-17-11-14-23-20(15-17)27-19-9-4-5-10-19/h11,14-15,18-19,22H,1-10,12-13,16H2,(H2,24,25,26). The highest BCUT2D eigenvalue weighted by molar-refractivity contribution is 5.73. The van der Waals surface area contributed by atoms with E-state index in [0.717, 1.165) is 31.4 Å². The van der Waals surface area contributed by atoms with Crippen molar-refractivity contribution in [3.63, 3.8) is 0 Å². The molecule has 0 aromatic carbocycles. The highest BCUT2D eigenvalue weighted by Gasteiger charge is 2.17. The Morgan fingerprint density at radius 1 is 1.04 bits per heavy atom. The molecule has 0 unspecified atom stereocenters. The molecule has 2 aliphatic carbocycles. The Bertz CT molecular complexity index is 569. The SMILES string of the molecule is O=C(NCCCNC1CCCCC1)NCc1ccnc(OC2CCCC2)c1. The molecule has 27 heavy (non-hydrogen) atoms. The molecule has 0 saturated heterocycles. The first kappa shape index (κ1) is 19.9. The minimum Gasteiger partial charge on any atom is -0.474 e. The van der Waals surface area contributed by atoms with Gasteiger partial charge in [-0.1, -0.05) is 19.3 Å². The number of amides is 2. The van der Waals surface area contributed by atoms with E-state index in [1.54, 1.807) is 6.20 Å². The Morgan fingerprint density at radius 3 is 2.63 bits per heavy atom. The van der Waals surface area contributed by atoms with Crippen LogP contribution >= 0.6 is 0 Å². The van der Waals surface area contributed by atoms with Crippen LogP contribution in [0.1, 0.15) is 69.8 Å². The quantitative estimate of drug-likeness (QED) is 0.578. The van der Waals surface area contributed by atoms with Crippen LogP contribution in [0, 0.1) is 0 Å². The number of aromatic nitrogens is 1. The molecule has 6 heteroatoms. The van der Waals surface area contributed by atoms with Crippen molar-refractivity contribution in [1.29, 1.82) is 0 Å². The predicted molar refractivity (Wildman–Crippen MR) is 107 cm³/mol. The van der Waals surface area contributed by atoms with E-state index in [9.17, 15) is 4.79 Å². The molecule has 2 aliphatic rings. The zero-order valence-electron chi connectivity index (χ0n) is 16.3. The van der Waals surface area contributed by atoms with E-state index in [2.05, 4.69) is 20.9 Å². The van der Waals surface area contributed by atoms with Crippen LogP contribution in [0.5, 0.6) is 5.88 Å². The van der Waals surface area contributed by atoms with E-state index in [1.165, 1.54) is 44.9 Å². The molecule has 2 amide bonds. The molecular weight excluding hydrogens is 340 g/mol. The minimum absolute atomic E-state index is 0.122. The third-order valence-electron chi connectivity index (χ3n) is 5.52. The third-order valence-corrected chi connectivity index (χ3v) is 5.52. The molecule has 1 aromatic rings. The van der Waals surface area contributed by atoms with Crippen molar-refractivity contribution >= 4 is 6.03 Å². The second-order valence-corrected chi connectivity index (χ2v) is 7.78. The number of nitrogens with zero attached hydrogens (tertiary/aromatic N) is 1. The summed E-state index contributed by atoms with van der Waals surface area (Å²) >= 11 is 0. The second-order valence-electron chi connectivity index (χ2n) is 7.78. The second kappa shape index (κ2) is 11.1. The van der Waals surface area contributed by atoms with Gasteiger partial charge < -0.3 is 20.7 Å². The molecule has 0 atom stereocenters. The van der Waals surface area contributed by atoms with Crippen molar-refractivity contribution in [1.82, 2.24) is 20.9 Å². The highest BCUT2D eigenvalue weighted by Crippen LogP contribution is 2.23. The van der Waals surface area contributed by atoms with Crippen LogP contribution in [-0.4, -0.2) is 36.3 Å². The Kier molecular flexibility index (Phi) is 8.21. The van der Waals surface area contributed by atoms with E-state index in [1.807, 2.05) is 12.1 Å². The summed E-state index contributed by atoms with van der Waals surface area (Å²) in [5, 5.41) is 9.43. The normalized spacial score (nSPS) is 18.4. The van der Waals surface area contributed by atoms with Crippen LogP contribution < -0.4 is 20.7 Å². The van der Waals surface area contributed by atoms with E-state index in [0.29, 0.717) is 31.1 Å². The number of ether oxygens (including phenoxy) is 1. The Balaban J connectivity index is 1.27. The summed E-state index contributed by atoms with van der Waals surface area (Å²) < 4.78 is 5.92. The zero-order chi connectivity index (χ0) is 18.7. The smallest absolute Gasteiger partial charge is 0.315 e. The van der Waals surface area contributed by atoms with Gasteiger partial charge in [-0.15, -0.1) is 0 Å². The lowest BCUT2D eigenvalue weighted by molar-refractivity contribution is 0.201. The summed E-state index contributed by atoms with van der Waals surface area (Å²) in [5.41, 5.74) is 1.01. The van der Waals surface area contributed by atoms with Crippen LogP contribution in [-0.2, 0) is 6.54 Å². The first-order valence-electron chi connectivity index (χ1n) is 10.7. The number of carbonyl (C=O) groups is 1. The van der Waals surface area contributed by atoms with Crippen molar-refractivity contribution in [2.75, 3.05) is 13.1 Å². The molecule has 0 spiro atoms. The highest BCUT2D eigenvalue weighted by atomic mass is 16.5. The summed E-state index contributed by atoms with van der Waals surface area (Å²) in [6, 6.07) is 4.39. The van der Waals surface area contributed by atoms with Gasteiger partial charge in [-0.2, -0.15) is 0 Å². The van der Waals surface area contributed by atoms with Gasteiger partial charge in [0.15, 0.2) is 0 Å². The fourth-order valence-electron chi connectivity index (χ4n) is 3.95. The van der Waals surface area contributed by atoms with Crippen LogP contribution in [0.3, 0.4) is 0 Å². The number of nitrogens with one attached hydrogen (secondary N) is 3. The van der Waals surface area contributed by atoms with E-state index < -0.39 is 0 Å². The first-order valence-corrected chi connectivity index (χ1v) is 10.7. The Morgan fingerprint density at radius 2 is 1.81 bits per heavy atom. The molecule has 2 saturated carbocycles. The number of hydrogen-bond acceptors (Lipinski definition) is 4. The Labute approximate surface area is 162 Å². The maximum Gasteiger partial charge on any atom is 0.315 e. The molecular formula is C21H34N4O2. The van der Waals surface area contributed by atoms with Gasteiger partial charge in [0.25, 0.3) is 0 Å². The molecule has 2 fully saturated rings. The molecule has 150 valence electrons. The van der Waals surface area contributed by atoms with E-state index in [-0.39, 0.29) is 6.03 Å². The maximum absolute atomic E-state index is 12.0. The van der Waals surface area contributed by atoms with Crippen LogP contribution in [0.2, 0.25) is 0 Å². The summed E-state index contributed by atoms with van der Waals surface area (Å²) in [4.78, 5) is 16.2. The molecule has 1 heterocycles. The van der Waals surface area contributed by atoms with Crippen LogP contribution in [0.15, 0.2) is 18.3 Å². The van der Waals surface area contributed by atoms with Gasteiger partial charge in [0, 0.05) is 31.4 Å². The fourth-order valence-corrected chi connectivity index (χ4v) is 3.95. The largest absolute Gasteiger partial charge is 0.474 e. The van der Waals surface area contributed by atoms with Crippen LogP contribution in [0.25, 0.3) is 0 Å². The van der Waals surface area contributed by atoms with Gasteiger partial charge in [0.1, 0.15) is 6.10 Å². The van der Waals surface area contributed by atoms with Crippen molar-refractivity contribution in [3.05, 3.63) is 23.9 Å². The molecule has 1 aromatic heterocycles. The monoisotopic (exact) mass is 374 g/mol. The fraction of sp³-hybridized carbons (Fsp3) is 0.714. The molecule has 0 radical (unpaired) electrons. The molecule has 0 aliphatic heterocycles. The van der Waals surface area contributed by atoms with Gasteiger partial charge in [-0.05, 0) is 63.1 Å². The first-order chi connectivity index (χ1) is 13.3.